The third-order valence-electron chi connectivity index (χ3n) is 7.30. The molecule has 0 bridgehead atoms. The maximum absolute atomic E-state index is 15.5. The van der Waals surface area contributed by atoms with E-state index in [2.05, 4.69) is 14.7 Å². The van der Waals surface area contributed by atoms with Crippen LogP contribution in [0.3, 0.4) is 0 Å². The van der Waals surface area contributed by atoms with Gasteiger partial charge in [0, 0.05) is 53.7 Å². The summed E-state index contributed by atoms with van der Waals surface area (Å²) in [6, 6.07) is 12.3. The van der Waals surface area contributed by atoms with Gasteiger partial charge in [-0.3, -0.25) is 0 Å². The number of benzene rings is 3. The van der Waals surface area contributed by atoms with Crippen LogP contribution in [0.15, 0.2) is 65.8 Å². The van der Waals surface area contributed by atoms with Crippen molar-refractivity contribution in [3.8, 4) is 17.2 Å². The van der Waals surface area contributed by atoms with Crippen LogP contribution in [0, 0.1) is 23.4 Å². The van der Waals surface area contributed by atoms with Crippen LogP contribution in [0.2, 0.25) is 0 Å². The Balaban J connectivity index is 1.40. The molecule has 2 heterocycles. The van der Waals surface area contributed by atoms with Crippen molar-refractivity contribution < 1.29 is 35.8 Å². The fourth-order valence-corrected chi connectivity index (χ4v) is 7.21. The van der Waals surface area contributed by atoms with Crippen LogP contribution in [0.4, 0.5) is 18.3 Å². The Morgan fingerprint density at radius 1 is 1.00 bits per heavy atom. The minimum absolute atomic E-state index is 0.0303. The molecule has 3 aromatic carbocycles. The molecular formula is C29H29F3N4O5S2. The first-order valence-corrected chi connectivity index (χ1v) is 15.5. The predicted octanol–water partition coefficient (Wildman–Crippen LogP) is 5.14. The van der Waals surface area contributed by atoms with E-state index in [1.807, 2.05) is 0 Å². The number of aromatic nitrogens is 2. The number of halogens is 3. The Hall–Kier alpha value is -3.88. The van der Waals surface area contributed by atoms with Gasteiger partial charge in [0.05, 0.1) is 27.4 Å². The smallest absolute Gasteiger partial charge is 0.269 e. The standard InChI is InChI=1S/C29H29F3N4O5S2/c1-39-22-8-5-19(26(11-22)40-2)15-36(29-34-17-35-42-29)43(37,38)28-13-24(31)27(12-25(28)32)41-16-20-9-10-33-14-23(20)18-3-6-21(30)7-4-18/h3-8,11-13,17,20,23,33H,9-10,14-16H2,1-2H3. The first-order chi connectivity index (χ1) is 20.7. The van der Waals surface area contributed by atoms with Crippen LogP contribution in [-0.4, -0.2) is 51.7 Å². The Morgan fingerprint density at radius 3 is 2.49 bits per heavy atom. The lowest BCUT2D eigenvalue weighted by molar-refractivity contribution is 0.187. The lowest BCUT2D eigenvalue weighted by atomic mass is 9.82. The Kier molecular flexibility index (Phi) is 9.37. The summed E-state index contributed by atoms with van der Waals surface area (Å²) >= 11 is 0.782. The van der Waals surface area contributed by atoms with E-state index in [0.717, 1.165) is 27.5 Å². The van der Waals surface area contributed by atoms with Gasteiger partial charge in [0.25, 0.3) is 10.0 Å². The van der Waals surface area contributed by atoms with Crippen LogP contribution in [0.25, 0.3) is 0 Å². The van der Waals surface area contributed by atoms with Gasteiger partial charge in [-0.25, -0.2) is 30.9 Å². The largest absolute Gasteiger partial charge is 0.497 e. The molecule has 1 fully saturated rings. The van der Waals surface area contributed by atoms with E-state index in [1.165, 1.54) is 32.7 Å². The van der Waals surface area contributed by atoms with Crippen LogP contribution in [0.1, 0.15) is 23.5 Å². The second-order valence-electron chi connectivity index (χ2n) is 9.85. The van der Waals surface area contributed by atoms with E-state index in [1.54, 1.807) is 30.3 Å². The molecule has 4 aromatic rings. The van der Waals surface area contributed by atoms with Crippen molar-refractivity contribution in [3.05, 3.63) is 89.5 Å². The third kappa shape index (κ3) is 6.71. The second-order valence-corrected chi connectivity index (χ2v) is 12.4. The van der Waals surface area contributed by atoms with Gasteiger partial charge in [0.1, 0.15) is 34.4 Å². The summed E-state index contributed by atoms with van der Waals surface area (Å²) in [6.07, 6.45) is 1.87. The highest BCUT2D eigenvalue weighted by molar-refractivity contribution is 7.93. The lowest BCUT2D eigenvalue weighted by Gasteiger charge is -2.32. The number of methoxy groups -OCH3 is 2. The molecular weight excluding hydrogens is 605 g/mol. The zero-order valence-corrected chi connectivity index (χ0v) is 24.9. The fourth-order valence-electron chi connectivity index (χ4n) is 5.02. The van der Waals surface area contributed by atoms with Gasteiger partial charge >= 0.3 is 0 Å². The van der Waals surface area contributed by atoms with E-state index < -0.39 is 32.3 Å². The number of hydrogen-bond donors (Lipinski definition) is 1. The summed E-state index contributed by atoms with van der Waals surface area (Å²) in [5.74, 6) is -2.26. The minimum atomic E-state index is -4.67. The topological polar surface area (TPSA) is 103 Å². The predicted molar refractivity (Wildman–Crippen MR) is 155 cm³/mol. The highest BCUT2D eigenvalue weighted by Gasteiger charge is 2.33. The number of ether oxygens (including phenoxy) is 3. The summed E-state index contributed by atoms with van der Waals surface area (Å²) in [6.45, 7) is 1.08. The Morgan fingerprint density at radius 2 is 1.79 bits per heavy atom. The third-order valence-corrected chi connectivity index (χ3v) is 9.86. The van der Waals surface area contributed by atoms with Gasteiger partial charge < -0.3 is 19.5 Å². The zero-order chi connectivity index (χ0) is 30.6. The maximum Gasteiger partial charge on any atom is 0.269 e. The van der Waals surface area contributed by atoms with Crippen LogP contribution in [-0.2, 0) is 16.6 Å². The van der Waals surface area contributed by atoms with Crippen molar-refractivity contribution in [1.29, 1.82) is 0 Å². The van der Waals surface area contributed by atoms with Crippen LogP contribution in [0.5, 0.6) is 17.2 Å². The fraction of sp³-hybridized carbons (Fsp3) is 0.310. The number of piperidine rings is 1. The second kappa shape index (κ2) is 13.2. The number of nitrogens with zero attached hydrogens (tertiary/aromatic N) is 3. The van der Waals surface area contributed by atoms with Crippen molar-refractivity contribution in [2.24, 2.45) is 5.92 Å². The maximum atomic E-state index is 15.5. The number of hydrogen-bond acceptors (Lipinski definition) is 9. The first kappa shape index (κ1) is 30.6. The summed E-state index contributed by atoms with van der Waals surface area (Å²) in [7, 11) is -1.77. The summed E-state index contributed by atoms with van der Waals surface area (Å²) in [5, 5.41) is 3.25. The average molecular weight is 635 g/mol. The van der Waals surface area contributed by atoms with Gasteiger partial charge in [-0.2, -0.15) is 4.37 Å². The Labute approximate surface area is 251 Å². The highest BCUT2D eigenvalue weighted by Crippen LogP contribution is 2.35. The molecule has 14 heteroatoms. The molecule has 1 N–H and O–H groups in total. The highest BCUT2D eigenvalue weighted by atomic mass is 32.2. The molecule has 1 aliphatic rings. The lowest BCUT2D eigenvalue weighted by Crippen LogP contribution is -2.37. The van der Waals surface area contributed by atoms with Gasteiger partial charge in [-0.05, 0) is 42.8 Å². The molecule has 1 saturated heterocycles. The molecule has 0 spiro atoms. The molecule has 228 valence electrons. The van der Waals surface area contributed by atoms with Crippen molar-refractivity contribution in [3.63, 3.8) is 0 Å². The molecule has 0 radical (unpaired) electrons. The molecule has 0 amide bonds. The average Bonchev–Trinajstić information content (AvgIpc) is 3.55. The van der Waals surface area contributed by atoms with E-state index in [0.29, 0.717) is 42.6 Å². The van der Waals surface area contributed by atoms with Gasteiger partial charge in [-0.1, -0.05) is 12.1 Å². The van der Waals surface area contributed by atoms with E-state index >= 15 is 8.78 Å². The number of nitrogens with one attached hydrogen (secondary N) is 1. The summed E-state index contributed by atoms with van der Waals surface area (Å²) < 4.78 is 92.9. The van der Waals surface area contributed by atoms with Crippen molar-refractivity contribution in [2.75, 3.05) is 38.2 Å². The van der Waals surface area contributed by atoms with E-state index in [4.69, 9.17) is 14.2 Å². The van der Waals surface area contributed by atoms with E-state index in [-0.39, 0.29) is 35.9 Å². The number of rotatable bonds is 11. The van der Waals surface area contributed by atoms with Crippen molar-refractivity contribution in [1.82, 2.24) is 14.7 Å². The molecule has 9 nitrogen and oxygen atoms in total. The molecule has 0 saturated carbocycles. The molecule has 2 atom stereocenters. The normalized spacial score (nSPS) is 17.0. The quantitative estimate of drug-likeness (QED) is 0.242. The van der Waals surface area contributed by atoms with Crippen LogP contribution < -0.4 is 23.8 Å². The SMILES string of the molecule is COc1ccc(CN(c2ncns2)S(=O)(=O)c2cc(F)c(OCC3CCNCC3c3ccc(F)cc3)cc2F)c(OC)c1. The molecule has 0 aliphatic carbocycles. The Bertz CT molecular complexity index is 1660. The number of sulfonamides is 1. The number of anilines is 1. The molecule has 43 heavy (non-hydrogen) atoms. The van der Waals surface area contributed by atoms with Gasteiger partial charge in [-0.15, -0.1) is 0 Å². The minimum Gasteiger partial charge on any atom is -0.497 e. The summed E-state index contributed by atoms with van der Waals surface area (Å²) in [4.78, 5) is 3.12. The molecule has 1 aliphatic heterocycles. The van der Waals surface area contributed by atoms with Gasteiger partial charge in [0.15, 0.2) is 11.6 Å². The molecule has 5 rings (SSSR count). The monoisotopic (exact) mass is 634 g/mol. The van der Waals surface area contributed by atoms with Crippen molar-refractivity contribution in [2.45, 2.75) is 23.8 Å². The molecule has 1 aromatic heterocycles. The van der Waals surface area contributed by atoms with Gasteiger partial charge in [0.2, 0.25) is 5.13 Å². The van der Waals surface area contributed by atoms with E-state index in [9.17, 15) is 12.8 Å². The van der Waals surface area contributed by atoms with Crippen molar-refractivity contribution >= 4 is 26.7 Å². The molecule has 2 unspecified atom stereocenters. The first-order valence-electron chi connectivity index (χ1n) is 13.3. The summed E-state index contributed by atoms with van der Waals surface area (Å²) in [5.41, 5.74) is 1.33. The zero-order valence-electron chi connectivity index (χ0n) is 23.3. The van der Waals surface area contributed by atoms with Crippen LogP contribution >= 0.6 is 11.5 Å².